The van der Waals surface area contributed by atoms with E-state index in [9.17, 15) is 9.18 Å². The minimum absolute atomic E-state index is 0.169. The Labute approximate surface area is 188 Å². The predicted molar refractivity (Wildman–Crippen MR) is 120 cm³/mol. The van der Waals surface area contributed by atoms with E-state index in [1.54, 1.807) is 12.3 Å². The van der Waals surface area contributed by atoms with Gasteiger partial charge < -0.3 is 14.5 Å². The van der Waals surface area contributed by atoms with Crippen molar-refractivity contribution >= 4 is 11.9 Å². The lowest BCUT2D eigenvalue weighted by atomic mass is 9.78. The largest absolute Gasteiger partial charge is 0.450 e. The first kappa shape index (κ1) is 21.1. The average molecular weight is 440 g/mol. The number of pyridine rings is 2. The molecule has 8 heteroatoms. The van der Waals surface area contributed by atoms with E-state index >= 15 is 0 Å². The van der Waals surface area contributed by atoms with Gasteiger partial charge in [-0.15, -0.1) is 0 Å². The first-order valence-corrected chi connectivity index (χ1v) is 11.5. The van der Waals surface area contributed by atoms with E-state index in [-0.39, 0.29) is 11.5 Å². The summed E-state index contributed by atoms with van der Waals surface area (Å²) in [5, 5.41) is 0. The Kier molecular flexibility index (Phi) is 5.71. The molecule has 1 atom stereocenters. The maximum absolute atomic E-state index is 13.3. The van der Waals surface area contributed by atoms with E-state index in [1.165, 1.54) is 25.3 Å². The van der Waals surface area contributed by atoms with Crippen LogP contribution in [-0.2, 0) is 4.74 Å². The van der Waals surface area contributed by atoms with Gasteiger partial charge in [-0.2, -0.15) is 4.39 Å². The molecule has 2 aromatic heterocycles. The lowest BCUT2D eigenvalue weighted by Crippen LogP contribution is -2.58. The molecule has 2 saturated heterocycles. The van der Waals surface area contributed by atoms with E-state index in [4.69, 9.17) is 4.74 Å². The molecule has 3 aliphatic rings. The fourth-order valence-corrected chi connectivity index (χ4v) is 5.59. The molecule has 1 spiro atoms. The summed E-state index contributed by atoms with van der Waals surface area (Å²) in [5.41, 5.74) is 2.16. The number of anilines is 1. The van der Waals surface area contributed by atoms with Gasteiger partial charge in [0.15, 0.2) is 0 Å². The Morgan fingerprint density at radius 2 is 2.00 bits per heavy atom. The van der Waals surface area contributed by atoms with Crippen LogP contribution in [0.4, 0.5) is 15.0 Å². The maximum Gasteiger partial charge on any atom is 0.409 e. The van der Waals surface area contributed by atoms with Crippen LogP contribution in [-0.4, -0.2) is 77.8 Å². The minimum Gasteiger partial charge on any atom is -0.450 e. The lowest BCUT2D eigenvalue weighted by Gasteiger charge is -2.48. The van der Waals surface area contributed by atoms with Gasteiger partial charge in [0.2, 0.25) is 5.95 Å². The molecule has 4 heterocycles. The van der Waals surface area contributed by atoms with Crippen molar-refractivity contribution in [2.24, 2.45) is 5.41 Å². The second-order valence-corrected chi connectivity index (χ2v) is 9.22. The number of hydrogen-bond acceptors (Lipinski definition) is 6. The molecule has 2 aromatic rings. The third kappa shape index (κ3) is 4.03. The SMILES string of the molecule is CCOC(=O)N1CC2(CC[C@@H](N3CCN(c4ncccc4-c4ccc(F)nc4)CC3)C2)C1. The second kappa shape index (κ2) is 8.65. The van der Waals surface area contributed by atoms with Gasteiger partial charge in [0.05, 0.1) is 6.61 Å². The summed E-state index contributed by atoms with van der Waals surface area (Å²) < 4.78 is 18.4. The van der Waals surface area contributed by atoms with Crippen molar-refractivity contribution in [3.05, 3.63) is 42.6 Å². The number of hydrogen-bond donors (Lipinski definition) is 0. The summed E-state index contributed by atoms with van der Waals surface area (Å²) in [6, 6.07) is 7.68. The van der Waals surface area contributed by atoms with Crippen LogP contribution in [0.25, 0.3) is 11.1 Å². The highest BCUT2D eigenvalue weighted by Gasteiger charge is 2.51. The first-order chi connectivity index (χ1) is 15.6. The number of halogens is 1. The Hall–Kier alpha value is -2.74. The Balaban J connectivity index is 1.18. The lowest BCUT2D eigenvalue weighted by molar-refractivity contribution is -0.00294. The Bertz CT molecular complexity index is 955. The zero-order valence-corrected chi connectivity index (χ0v) is 18.5. The Morgan fingerprint density at radius 1 is 1.19 bits per heavy atom. The molecule has 7 nitrogen and oxygen atoms in total. The fraction of sp³-hybridized carbons (Fsp3) is 0.542. The van der Waals surface area contributed by atoms with Crippen LogP contribution in [0, 0.1) is 11.4 Å². The van der Waals surface area contributed by atoms with Crippen LogP contribution in [0.3, 0.4) is 0 Å². The summed E-state index contributed by atoms with van der Waals surface area (Å²) in [4.78, 5) is 27.2. The van der Waals surface area contributed by atoms with Crippen LogP contribution < -0.4 is 4.90 Å². The van der Waals surface area contributed by atoms with Crippen molar-refractivity contribution in [2.75, 3.05) is 50.8 Å². The number of piperazine rings is 1. The Morgan fingerprint density at radius 3 is 2.72 bits per heavy atom. The number of likely N-dealkylation sites (tertiary alicyclic amines) is 1. The number of carbonyl (C=O) groups is 1. The van der Waals surface area contributed by atoms with E-state index in [1.807, 2.05) is 30.2 Å². The van der Waals surface area contributed by atoms with Gasteiger partial charge in [0.25, 0.3) is 0 Å². The van der Waals surface area contributed by atoms with Crippen LogP contribution in [0.1, 0.15) is 26.2 Å². The van der Waals surface area contributed by atoms with Crippen molar-refractivity contribution in [3.63, 3.8) is 0 Å². The van der Waals surface area contributed by atoms with Crippen LogP contribution in [0.2, 0.25) is 0 Å². The van der Waals surface area contributed by atoms with Gasteiger partial charge in [0.1, 0.15) is 5.82 Å². The number of amides is 1. The zero-order valence-electron chi connectivity index (χ0n) is 18.5. The van der Waals surface area contributed by atoms with E-state index < -0.39 is 5.95 Å². The molecule has 32 heavy (non-hydrogen) atoms. The topological polar surface area (TPSA) is 61.8 Å². The smallest absolute Gasteiger partial charge is 0.409 e. The van der Waals surface area contributed by atoms with Crippen LogP contribution in [0.5, 0.6) is 0 Å². The van der Waals surface area contributed by atoms with Gasteiger partial charge in [-0.05, 0) is 50.5 Å². The molecule has 0 unspecified atom stereocenters. The van der Waals surface area contributed by atoms with E-state index in [2.05, 4.69) is 19.8 Å². The standard InChI is InChI=1S/C24H30FN5O2/c1-2-32-23(31)30-16-24(17-30)8-7-19(14-24)28-10-12-29(13-11-28)22-20(4-3-9-26-22)18-5-6-21(25)27-15-18/h3-6,9,15,19H,2,7-8,10-14,16-17H2,1H3/t19-/m1/s1. The summed E-state index contributed by atoms with van der Waals surface area (Å²) in [7, 11) is 0. The van der Waals surface area contributed by atoms with E-state index in [0.29, 0.717) is 12.6 Å². The predicted octanol–water partition coefficient (Wildman–Crippen LogP) is 3.42. The van der Waals surface area contributed by atoms with Crippen molar-refractivity contribution in [2.45, 2.75) is 32.2 Å². The first-order valence-electron chi connectivity index (χ1n) is 11.5. The molecular weight excluding hydrogens is 409 g/mol. The number of aromatic nitrogens is 2. The van der Waals surface area contributed by atoms with Gasteiger partial charge in [-0.1, -0.05) is 0 Å². The monoisotopic (exact) mass is 439 g/mol. The molecule has 1 amide bonds. The molecule has 1 aliphatic carbocycles. The van der Waals surface area contributed by atoms with Crippen molar-refractivity contribution < 1.29 is 13.9 Å². The summed E-state index contributed by atoms with van der Waals surface area (Å²) in [6.45, 7) is 7.79. The van der Waals surface area contributed by atoms with Crippen LogP contribution >= 0.6 is 0 Å². The highest BCUT2D eigenvalue weighted by molar-refractivity contribution is 5.75. The summed E-state index contributed by atoms with van der Waals surface area (Å²) >= 11 is 0. The number of nitrogens with zero attached hydrogens (tertiary/aromatic N) is 5. The molecular formula is C24H30FN5O2. The van der Waals surface area contributed by atoms with Gasteiger partial charge >= 0.3 is 6.09 Å². The van der Waals surface area contributed by atoms with Gasteiger partial charge in [-0.25, -0.2) is 14.8 Å². The van der Waals surface area contributed by atoms with E-state index in [0.717, 1.165) is 56.2 Å². The zero-order chi connectivity index (χ0) is 22.1. The molecule has 2 aliphatic heterocycles. The molecule has 0 radical (unpaired) electrons. The van der Waals surface area contributed by atoms with Crippen molar-refractivity contribution in [1.29, 1.82) is 0 Å². The highest BCUT2D eigenvalue weighted by atomic mass is 19.1. The van der Waals surface area contributed by atoms with Gasteiger partial charge in [-0.3, -0.25) is 4.90 Å². The summed E-state index contributed by atoms with van der Waals surface area (Å²) in [6.07, 6.45) is 6.77. The quantitative estimate of drug-likeness (QED) is 0.681. The van der Waals surface area contributed by atoms with Gasteiger partial charge in [0, 0.05) is 74.2 Å². The molecule has 3 fully saturated rings. The molecule has 1 saturated carbocycles. The summed E-state index contributed by atoms with van der Waals surface area (Å²) in [5.74, 6) is 0.464. The minimum atomic E-state index is -0.473. The maximum atomic E-state index is 13.3. The molecule has 0 N–H and O–H groups in total. The normalized spacial score (nSPS) is 22.8. The fourth-order valence-electron chi connectivity index (χ4n) is 5.59. The third-order valence-electron chi connectivity index (χ3n) is 7.21. The number of rotatable bonds is 4. The molecule has 170 valence electrons. The number of ether oxygens (including phenoxy) is 1. The van der Waals surface area contributed by atoms with Crippen molar-refractivity contribution in [3.8, 4) is 11.1 Å². The molecule has 0 aromatic carbocycles. The molecule has 0 bridgehead atoms. The highest BCUT2D eigenvalue weighted by Crippen LogP contribution is 2.47. The third-order valence-corrected chi connectivity index (χ3v) is 7.21. The van der Waals surface area contributed by atoms with Crippen molar-refractivity contribution in [1.82, 2.24) is 19.8 Å². The van der Waals surface area contributed by atoms with Crippen LogP contribution in [0.15, 0.2) is 36.7 Å². The second-order valence-electron chi connectivity index (χ2n) is 9.22. The molecule has 5 rings (SSSR count). The average Bonchev–Trinajstić information content (AvgIpc) is 3.25. The number of carbonyl (C=O) groups excluding carboxylic acids is 1.